The van der Waals surface area contributed by atoms with Crippen molar-refractivity contribution in [2.24, 2.45) is 5.73 Å². The van der Waals surface area contributed by atoms with Gasteiger partial charge in [0.1, 0.15) is 6.07 Å². The van der Waals surface area contributed by atoms with Gasteiger partial charge in [0.25, 0.3) is 0 Å². The van der Waals surface area contributed by atoms with E-state index >= 15 is 0 Å². The van der Waals surface area contributed by atoms with Gasteiger partial charge in [0, 0.05) is 12.0 Å². The number of aromatic nitrogens is 2. The van der Waals surface area contributed by atoms with E-state index in [0.29, 0.717) is 18.3 Å². The van der Waals surface area contributed by atoms with Crippen LogP contribution in [-0.2, 0) is 0 Å². The average Bonchev–Trinajstić information content (AvgIpc) is 2.75. The van der Waals surface area contributed by atoms with Gasteiger partial charge in [-0.2, -0.15) is 5.26 Å². The number of nitrogens with two attached hydrogens (primary N) is 1. The van der Waals surface area contributed by atoms with Crippen molar-refractivity contribution in [3.63, 3.8) is 0 Å². The first-order chi connectivity index (χ1) is 8.19. The molecule has 1 aromatic heterocycles. The number of hydrogen-bond acceptors (Lipinski definition) is 3. The normalized spacial score (nSPS) is 12.7. The van der Waals surface area contributed by atoms with Crippen molar-refractivity contribution in [2.45, 2.75) is 52.0 Å². The minimum atomic E-state index is 0.290. The van der Waals surface area contributed by atoms with Crippen LogP contribution in [0.25, 0.3) is 0 Å². The van der Waals surface area contributed by atoms with Gasteiger partial charge in [-0.25, -0.2) is 4.98 Å². The molecule has 0 bridgehead atoms. The predicted octanol–water partition coefficient (Wildman–Crippen LogP) is 2.57. The molecule has 0 aliphatic rings. The fourth-order valence-electron chi connectivity index (χ4n) is 2.30. The smallest absolute Gasteiger partial charge is 0.161 e. The van der Waals surface area contributed by atoms with Crippen LogP contribution in [0.3, 0.4) is 0 Å². The summed E-state index contributed by atoms with van der Waals surface area (Å²) in [6.07, 6.45) is 4.80. The lowest BCUT2D eigenvalue weighted by atomic mass is 10.0. The van der Waals surface area contributed by atoms with E-state index in [2.05, 4.69) is 36.4 Å². The fourth-order valence-corrected chi connectivity index (χ4v) is 2.30. The Hall–Kier alpha value is -1.34. The standard InChI is InChI=1S/C13H22N4/c1-4-11(5-2)17-9-16-12(8-15)13(17)10(3)6-7-14/h9-11H,4-7,14H2,1-3H3. The summed E-state index contributed by atoms with van der Waals surface area (Å²) in [6, 6.07) is 2.62. The molecule has 0 radical (unpaired) electrons. The summed E-state index contributed by atoms with van der Waals surface area (Å²) in [7, 11) is 0. The largest absolute Gasteiger partial charge is 0.330 e. The van der Waals surface area contributed by atoms with Crippen molar-refractivity contribution in [2.75, 3.05) is 6.54 Å². The molecule has 1 aromatic rings. The lowest BCUT2D eigenvalue weighted by Gasteiger charge is -2.21. The Morgan fingerprint density at radius 1 is 1.47 bits per heavy atom. The molecule has 2 N–H and O–H groups in total. The summed E-state index contributed by atoms with van der Waals surface area (Å²) in [5.74, 6) is 0.290. The van der Waals surface area contributed by atoms with E-state index in [0.717, 1.165) is 25.0 Å². The van der Waals surface area contributed by atoms with Gasteiger partial charge in [-0.3, -0.25) is 0 Å². The van der Waals surface area contributed by atoms with Gasteiger partial charge in [-0.05, 0) is 25.8 Å². The molecule has 0 aliphatic heterocycles. The number of rotatable bonds is 6. The van der Waals surface area contributed by atoms with Gasteiger partial charge in [0.05, 0.1) is 12.0 Å². The zero-order valence-electron chi connectivity index (χ0n) is 11.0. The van der Waals surface area contributed by atoms with Crippen molar-refractivity contribution in [3.8, 4) is 6.07 Å². The second-order valence-corrected chi connectivity index (χ2v) is 4.45. The highest BCUT2D eigenvalue weighted by atomic mass is 15.1. The van der Waals surface area contributed by atoms with E-state index in [1.54, 1.807) is 6.33 Å². The fraction of sp³-hybridized carbons (Fsp3) is 0.692. The quantitative estimate of drug-likeness (QED) is 0.822. The van der Waals surface area contributed by atoms with Crippen LogP contribution < -0.4 is 5.73 Å². The van der Waals surface area contributed by atoms with Crippen LogP contribution in [-0.4, -0.2) is 16.1 Å². The molecule has 1 heterocycles. The third-order valence-corrected chi connectivity index (χ3v) is 3.34. The Labute approximate surface area is 103 Å². The minimum Gasteiger partial charge on any atom is -0.330 e. The van der Waals surface area contributed by atoms with Gasteiger partial charge >= 0.3 is 0 Å². The first kappa shape index (κ1) is 13.7. The topological polar surface area (TPSA) is 67.6 Å². The van der Waals surface area contributed by atoms with Gasteiger partial charge in [0.15, 0.2) is 5.69 Å². The molecule has 0 spiro atoms. The van der Waals surface area contributed by atoms with Crippen LogP contribution in [0.4, 0.5) is 0 Å². The van der Waals surface area contributed by atoms with Crippen molar-refractivity contribution in [3.05, 3.63) is 17.7 Å². The maximum absolute atomic E-state index is 9.12. The molecule has 0 saturated heterocycles. The first-order valence-corrected chi connectivity index (χ1v) is 6.36. The number of hydrogen-bond donors (Lipinski definition) is 1. The van der Waals surface area contributed by atoms with Crippen LogP contribution in [0.15, 0.2) is 6.33 Å². The number of nitrogens with zero attached hydrogens (tertiary/aromatic N) is 3. The SMILES string of the molecule is CCC(CC)n1cnc(C#N)c1C(C)CCN. The molecule has 0 amide bonds. The van der Waals surface area contributed by atoms with Crippen molar-refractivity contribution >= 4 is 0 Å². The van der Waals surface area contributed by atoms with Crippen LogP contribution in [0.5, 0.6) is 0 Å². The zero-order valence-corrected chi connectivity index (χ0v) is 11.0. The van der Waals surface area contributed by atoms with Crippen molar-refractivity contribution in [1.82, 2.24) is 9.55 Å². The van der Waals surface area contributed by atoms with Gasteiger partial charge in [-0.15, -0.1) is 0 Å². The molecule has 1 rings (SSSR count). The molecule has 17 heavy (non-hydrogen) atoms. The lowest BCUT2D eigenvalue weighted by molar-refractivity contribution is 0.444. The highest BCUT2D eigenvalue weighted by molar-refractivity contribution is 5.29. The molecule has 94 valence electrons. The van der Waals surface area contributed by atoms with Crippen LogP contribution >= 0.6 is 0 Å². The average molecular weight is 234 g/mol. The molecule has 1 unspecified atom stereocenters. The van der Waals surface area contributed by atoms with E-state index in [9.17, 15) is 0 Å². The Morgan fingerprint density at radius 2 is 2.12 bits per heavy atom. The Bertz CT molecular complexity index is 385. The van der Waals surface area contributed by atoms with Crippen molar-refractivity contribution < 1.29 is 0 Å². The van der Waals surface area contributed by atoms with Crippen LogP contribution in [0, 0.1) is 11.3 Å². The zero-order chi connectivity index (χ0) is 12.8. The Balaban J connectivity index is 3.14. The molecule has 0 aromatic carbocycles. The van der Waals surface area contributed by atoms with E-state index in [1.807, 2.05) is 0 Å². The Kier molecular flexibility index (Phi) is 5.17. The summed E-state index contributed by atoms with van der Waals surface area (Å²) in [6.45, 7) is 7.08. The maximum atomic E-state index is 9.12. The molecular formula is C13H22N4. The van der Waals surface area contributed by atoms with Gasteiger partial charge in [-0.1, -0.05) is 20.8 Å². The van der Waals surface area contributed by atoms with Gasteiger partial charge < -0.3 is 10.3 Å². The van der Waals surface area contributed by atoms with Gasteiger partial charge in [0.2, 0.25) is 0 Å². The second kappa shape index (κ2) is 6.41. The number of imidazole rings is 1. The highest BCUT2D eigenvalue weighted by Gasteiger charge is 2.20. The van der Waals surface area contributed by atoms with Crippen molar-refractivity contribution in [1.29, 1.82) is 5.26 Å². The summed E-state index contributed by atoms with van der Waals surface area (Å²) in [5, 5.41) is 9.12. The molecule has 4 nitrogen and oxygen atoms in total. The predicted molar refractivity (Wildman–Crippen MR) is 68.6 cm³/mol. The lowest BCUT2D eigenvalue weighted by Crippen LogP contribution is -2.14. The van der Waals surface area contributed by atoms with E-state index < -0.39 is 0 Å². The number of nitriles is 1. The Morgan fingerprint density at radius 3 is 2.59 bits per heavy atom. The monoisotopic (exact) mass is 234 g/mol. The molecule has 0 aliphatic carbocycles. The molecule has 0 fully saturated rings. The second-order valence-electron chi connectivity index (χ2n) is 4.45. The maximum Gasteiger partial charge on any atom is 0.161 e. The first-order valence-electron chi connectivity index (χ1n) is 6.36. The molecule has 1 atom stereocenters. The molecule has 4 heteroatoms. The third-order valence-electron chi connectivity index (χ3n) is 3.34. The summed E-state index contributed by atoms with van der Waals surface area (Å²) >= 11 is 0. The summed E-state index contributed by atoms with van der Waals surface area (Å²) in [4.78, 5) is 4.22. The van der Waals surface area contributed by atoms with Crippen LogP contribution in [0.1, 0.15) is 63.4 Å². The molecule has 0 saturated carbocycles. The summed E-state index contributed by atoms with van der Waals surface area (Å²) in [5.41, 5.74) is 7.21. The molecular weight excluding hydrogens is 212 g/mol. The van der Waals surface area contributed by atoms with E-state index in [4.69, 9.17) is 11.0 Å². The minimum absolute atomic E-state index is 0.290. The third kappa shape index (κ3) is 2.86. The van der Waals surface area contributed by atoms with E-state index in [1.165, 1.54) is 0 Å². The van der Waals surface area contributed by atoms with Crippen LogP contribution in [0.2, 0.25) is 0 Å². The van der Waals surface area contributed by atoms with E-state index in [-0.39, 0.29) is 5.92 Å². The highest BCUT2D eigenvalue weighted by Crippen LogP contribution is 2.27. The summed E-state index contributed by atoms with van der Waals surface area (Å²) < 4.78 is 2.17.